The molecule has 12 heavy (non-hydrogen) atoms. The van der Waals surface area contributed by atoms with Gasteiger partial charge in [0.15, 0.2) is 0 Å². The standard InChI is InChI=1S/C4H9NO.C4H8O.HI.H2/c1-4(2)5-3-6;1-2-4-5-3-1;;/h3-4H,1-2H3,(H,5,6);1-4H2;2*1H. The van der Waals surface area contributed by atoms with Gasteiger partial charge in [0.05, 0.1) is 0 Å². The van der Waals surface area contributed by atoms with E-state index >= 15 is 0 Å². The molecule has 0 spiro atoms. The molecule has 1 rings (SSSR count). The molecule has 0 radical (unpaired) electrons. The van der Waals surface area contributed by atoms with E-state index in [4.69, 9.17) is 4.74 Å². The second-order valence-corrected chi connectivity index (χ2v) is 2.76. The maximum Gasteiger partial charge on any atom is 0.207 e. The van der Waals surface area contributed by atoms with Crippen molar-refractivity contribution in [3.05, 3.63) is 0 Å². The quantitative estimate of drug-likeness (QED) is 0.622. The molecule has 0 unspecified atom stereocenters. The van der Waals surface area contributed by atoms with E-state index in [1.165, 1.54) is 12.8 Å². The number of amides is 1. The minimum Gasteiger partial charge on any atom is -0.381 e. The van der Waals surface area contributed by atoms with Gasteiger partial charge in [-0.2, -0.15) is 0 Å². The lowest BCUT2D eigenvalue weighted by Gasteiger charge is -1.96. The molecule has 1 aliphatic rings. The Bertz CT molecular complexity index is 92.5. The SMILES string of the molecule is C1CCOC1.CC(C)NC=O.I.[HH]. The molecule has 76 valence electrons. The molecular weight excluding hydrogens is 269 g/mol. The highest BCUT2D eigenvalue weighted by molar-refractivity contribution is 14.0. The van der Waals surface area contributed by atoms with Crippen LogP contribution in [0.25, 0.3) is 0 Å². The zero-order valence-corrected chi connectivity index (χ0v) is 10.0. The molecule has 0 bridgehead atoms. The molecule has 1 fully saturated rings. The lowest BCUT2D eigenvalue weighted by Crippen LogP contribution is -2.19. The van der Waals surface area contributed by atoms with Crippen LogP contribution in [0.5, 0.6) is 0 Å². The van der Waals surface area contributed by atoms with Gasteiger partial charge in [-0.15, -0.1) is 24.0 Å². The van der Waals surface area contributed by atoms with Gasteiger partial charge in [-0.1, -0.05) is 0 Å². The number of hydrogen-bond acceptors (Lipinski definition) is 2. The Labute approximate surface area is 92.7 Å². The van der Waals surface area contributed by atoms with Gasteiger partial charge in [0.1, 0.15) is 0 Å². The van der Waals surface area contributed by atoms with Crippen molar-refractivity contribution in [1.82, 2.24) is 5.32 Å². The Morgan fingerprint density at radius 3 is 2.00 bits per heavy atom. The molecule has 0 aromatic rings. The lowest BCUT2D eigenvalue weighted by atomic mass is 10.4. The van der Waals surface area contributed by atoms with E-state index in [0.717, 1.165) is 13.2 Å². The van der Waals surface area contributed by atoms with Gasteiger partial charge < -0.3 is 10.1 Å². The van der Waals surface area contributed by atoms with E-state index in [1.807, 2.05) is 13.8 Å². The van der Waals surface area contributed by atoms with Crippen LogP contribution in [0.3, 0.4) is 0 Å². The Hall–Kier alpha value is 0.160. The highest BCUT2D eigenvalue weighted by atomic mass is 127. The Morgan fingerprint density at radius 1 is 1.42 bits per heavy atom. The van der Waals surface area contributed by atoms with Crippen molar-refractivity contribution < 1.29 is 11.0 Å². The average molecular weight is 289 g/mol. The van der Waals surface area contributed by atoms with E-state index in [1.54, 1.807) is 0 Å². The Balaban J connectivity index is -0.000000134. The predicted octanol–water partition coefficient (Wildman–Crippen LogP) is 1.80. The van der Waals surface area contributed by atoms with E-state index in [9.17, 15) is 4.79 Å². The zero-order chi connectivity index (χ0) is 8.53. The first kappa shape index (κ1) is 14.7. The highest BCUT2D eigenvalue weighted by Crippen LogP contribution is 1.98. The van der Waals surface area contributed by atoms with Crippen molar-refractivity contribution in [3.8, 4) is 0 Å². The van der Waals surface area contributed by atoms with Crippen LogP contribution >= 0.6 is 24.0 Å². The third kappa shape index (κ3) is 12.8. The Kier molecular flexibility index (Phi) is 13.6. The first-order valence-corrected chi connectivity index (χ1v) is 4.05. The summed E-state index contributed by atoms with van der Waals surface area (Å²) < 4.78 is 4.94. The fourth-order valence-corrected chi connectivity index (χ4v) is 0.646. The van der Waals surface area contributed by atoms with Crippen LogP contribution in [0.15, 0.2) is 0 Å². The number of nitrogens with one attached hydrogen (secondary N) is 1. The molecule has 0 aromatic carbocycles. The van der Waals surface area contributed by atoms with E-state index in [2.05, 4.69) is 5.32 Å². The molecule has 0 saturated carbocycles. The summed E-state index contributed by atoms with van der Waals surface area (Å²) in [4.78, 5) is 9.50. The number of ether oxygens (including phenoxy) is 1. The number of carbonyl (C=O) groups is 1. The summed E-state index contributed by atoms with van der Waals surface area (Å²) in [6.07, 6.45) is 3.25. The molecule has 1 N–H and O–H groups in total. The van der Waals surface area contributed by atoms with E-state index in [-0.39, 0.29) is 31.4 Å². The van der Waals surface area contributed by atoms with Crippen molar-refractivity contribution in [2.75, 3.05) is 13.2 Å². The van der Waals surface area contributed by atoms with Crippen molar-refractivity contribution in [2.24, 2.45) is 0 Å². The first-order valence-electron chi connectivity index (χ1n) is 4.05. The first-order chi connectivity index (χ1) is 5.27. The second-order valence-electron chi connectivity index (χ2n) is 2.76. The summed E-state index contributed by atoms with van der Waals surface area (Å²) in [5.41, 5.74) is 0. The fourth-order valence-electron chi connectivity index (χ4n) is 0.646. The fraction of sp³-hybridized carbons (Fsp3) is 0.875. The number of rotatable bonds is 2. The molecule has 0 aliphatic carbocycles. The van der Waals surface area contributed by atoms with Crippen molar-refractivity contribution in [1.29, 1.82) is 0 Å². The molecule has 1 saturated heterocycles. The van der Waals surface area contributed by atoms with Gasteiger partial charge in [-0.3, -0.25) is 4.79 Å². The van der Waals surface area contributed by atoms with Crippen LogP contribution in [0, 0.1) is 0 Å². The minimum absolute atomic E-state index is 0. The summed E-state index contributed by atoms with van der Waals surface area (Å²) in [7, 11) is 0. The molecule has 1 heterocycles. The molecule has 0 aromatic heterocycles. The molecule has 3 nitrogen and oxygen atoms in total. The summed E-state index contributed by atoms with van der Waals surface area (Å²) >= 11 is 0. The van der Waals surface area contributed by atoms with Crippen molar-refractivity contribution in [2.45, 2.75) is 32.7 Å². The van der Waals surface area contributed by atoms with Gasteiger partial charge in [0, 0.05) is 20.7 Å². The average Bonchev–Trinajstić information content (AvgIpc) is 2.41. The maximum atomic E-state index is 9.50. The topological polar surface area (TPSA) is 38.3 Å². The van der Waals surface area contributed by atoms with Gasteiger partial charge in [-0.25, -0.2) is 0 Å². The lowest BCUT2D eigenvalue weighted by molar-refractivity contribution is -0.109. The third-order valence-corrected chi connectivity index (χ3v) is 1.23. The van der Waals surface area contributed by atoms with Gasteiger partial charge in [0.25, 0.3) is 0 Å². The molecule has 1 aliphatic heterocycles. The van der Waals surface area contributed by atoms with Gasteiger partial charge in [-0.05, 0) is 26.7 Å². The predicted molar refractivity (Wildman–Crippen MR) is 61.9 cm³/mol. The van der Waals surface area contributed by atoms with Crippen LogP contribution in [-0.4, -0.2) is 25.7 Å². The van der Waals surface area contributed by atoms with Crippen LogP contribution in [0.1, 0.15) is 28.1 Å². The molecule has 0 atom stereocenters. The molecule has 4 heteroatoms. The summed E-state index contributed by atoms with van der Waals surface area (Å²) in [5, 5.41) is 2.53. The van der Waals surface area contributed by atoms with Crippen LogP contribution in [0.4, 0.5) is 0 Å². The van der Waals surface area contributed by atoms with Crippen molar-refractivity contribution >= 4 is 30.4 Å². The zero-order valence-electron chi connectivity index (χ0n) is 7.71. The van der Waals surface area contributed by atoms with Crippen LogP contribution in [-0.2, 0) is 9.53 Å². The Morgan fingerprint density at radius 2 is 1.92 bits per heavy atom. The summed E-state index contributed by atoms with van der Waals surface area (Å²) in [6.45, 7) is 5.82. The number of carbonyl (C=O) groups excluding carboxylic acids is 1. The van der Waals surface area contributed by atoms with E-state index < -0.39 is 0 Å². The van der Waals surface area contributed by atoms with Gasteiger partial charge >= 0.3 is 0 Å². The summed E-state index contributed by atoms with van der Waals surface area (Å²) in [6, 6.07) is 0.280. The van der Waals surface area contributed by atoms with Crippen LogP contribution < -0.4 is 5.32 Å². The highest BCUT2D eigenvalue weighted by Gasteiger charge is 1.94. The monoisotopic (exact) mass is 289 g/mol. The summed E-state index contributed by atoms with van der Waals surface area (Å²) in [5.74, 6) is 0. The number of hydrogen-bond donors (Lipinski definition) is 1. The third-order valence-electron chi connectivity index (χ3n) is 1.23. The maximum absolute atomic E-state index is 9.50. The van der Waals surface area contributed by atoms with Crippen molar-refractivity contribution in [3.63, 3.8) is 0 Å². The van der Waals surface area contributed by atoms with Crippen LogP contribution in [0.2, 0.25) is 0 Å². The van der Waals surface area contributed by atoms with Gasteiger partial charge in [0.2, 0.25) is 6.41 Å². The smallest absolute Gasteiger partial charge is 0.207 e. The second kappa shape index (κ2) is 11.2. The molecular formula is C8H20INO2. The molecule has 1 amide bonds. The number of halogens is 1. The minimum atomic E-state index is 0. The largest absolute Gasteiger partial charge is 0.381 e. The normalized spacial score (nSPS) is 14.2. The van der Waals surface area contributed by atoms with E-state index in [0.29, 0.717) is 6.41 Å².